The Morgan fingerprint density at radius 3 is 2.45 bits per heavy atom. The molecule has 29 heavy (non-hydrogen) atoms. The van der Waals surface area contributed by atoms with Gasteiger partial charge in [0.1, 0.15) is 5.75 Å². The molecule has 2 N–H and O–H groups in total. The third-order valence-corrected chi connectivity index (χ3v) is 7.37. The highest BCUT2D eigenvalue weighted by atomic mass is 32.2. The SMILES string of the molecule is CN=C(NCCS(=O)(=O)N1CCSCC1)NC(C)c1ccc(OCC(C)C)cc1. The molecule has 1 saturated heterocycles. The summed E-state index contributed by atoms with van der Waals surface area (Å²) in [4.78, 5) is 4.21. The lowest BCUT2D eigenvalue weighted by Crippen LogP contribution is -2.44. The van der Waals surface area contributed by atoms with Crippen LogP contribution in [0.15, 0.2) is 29.3 Å². The van der Waals surface area contributed by atoms with Crippen LogP contribution in [0.5, 0.6) is 5.75 Å². The molecule has 2 rings (SSSR count). The molecule has 0 bridgehead atoms. The Kier molecular flexibility index (Phi) is 9.58. The van der Waals surface area contributed by atoms with E-state index in [0.717, 1.165) is 22.8 Å². The Morgan fingerprint density at radius 1 is 1.21 bits per heavy atom. The Morgan fingerprint density at radius 2 is 1.86 bits per heavy atom. The highest BCUT2D eigenvalue weighted by Gasteiger charge is 2.23. The normalized spacial score (nSPS) is 17.2. The first-order valence-corrected chi connectivity index (χ1v) is 12.8. The molecule has 1 fully saturated rings. The highest BCUT2D eigenvalue weighted by Crippen LogP contribution is 2.18. The van der Waals surface area contributed by atoms with Gasteiger partial charge < -0.3 is 15.4 Å². The molecular formula is C20H34N4O3S2. The third kappa shape index (κ3) is 8.06. The van der Waals surface area contributed by atoms with Crippen LogP contribution in [-0.4, -0.2) is 69.2 Å². The average molecular weight is 443 g/mol. The van der Waals surface area contributed by atoms with Crippen LogP contribution in [0.4, 0.5) is 0 Å². The van der Waals surface area contributed by atoms with Crippen LogP contribution in [-0.2, 0) is 10.0 Å². The van der Waals surface area contributed by atoms with Gasteiger partial charge in [-0.2, -0.15) is 11.8 Å². The van der Waals surface area contributed by atoms with E-state index >= 15 is 0 Å². The molecule has 1 heterocycles. The van der Waals surface area contributed by atoms with Crippen LogP contribution in [0, 0.1) is 5.92 Å². The van der Waals surface area contributed by atoms with E-state index in [9.17, 15) is 8.42 Å². The second-order valence-electron chi connectivity index (χ2n) is 7.47. The molecule has 1 aliphatic heterocycles. The van der Waals surface area contributed by atoms with Crippen molar-refractivity contribution in [2.45, 2.75) is 26.8 Å². The number of thioether (sulfide) groups is 1. The van der Waals surface area contributed by atoms with Crippen LogP contribution >= 0.6 is 11.8 Å². The van der Waals surface area contributed by atoms with Gasteiger partial charge in [-0.15, -0.1) is 0 Å². The van der Waals surface area contributed by atoms with Gasteiger partial charge in [0.2, 0.25) is 10.0 Å². The van der Waals surface area contributed by atoms with E-state index in [-0.39, 0.29) is 11.8 Å². The number of benzene rings is 1. The van der Waals surface area contributed by atoms with E-state index in [1.165, 1.54) is 0 Å². The number of nitrogens with one attached hydrogen (secondary N) is 2. The Balaban J connectivity index is 1.81. The molecular weight excluding hydrogens is 408 g/mol. The molecule has 0 saturated carbocycles. The molecule has 1 aromatic carbocycles. The quantitative estimate of drug-likeness (QED) is 0.451. The minimum Gasteiger partial charge on any atom is -0.493 e. The maximum Gasteiger partial charge on any atom is 0.215 e. The number of ether oxygens (including phenoxy) is 1. The summed E-state index contributed by atoms with van der Waals surface area (Å²) in [5.41, 5.74) is 1.10. The van der Waals surface area contributed by atoms with Gasteiger partial charge in [-0.3, -0.25) is 4.99 Å². The van der Waals surface area contributed by atoms with Gasteiger partial charge in [-0.1, -0.05) is 26.0 Å². The maximum absolute atomic E-state index is 12.4. The molecule has 0 amide bonds. The number of aliphatic imine (C=N–C) groups is 1. The zero-order valence-corrected chi connectivity index (χ0v) is 19.5. The van der Waals surface area contributed by atoms with E-state index in [0.29, 0.717) is 38.1 Å². The predicted octanol–water partition coefficient (Wildman–Crippen LogP) is 2.33. The summed E-state index contributed by atoms with van der Waals surface area (Å²) >= 11 is 1.80. The zero-order chi connectivity index (χ0) is 21.3. The first-order valence-electron chi connectivity index (χ1n) is 10.1. The number of hydrogen-bond acceptors (Lipinski definition) is 5. The zero-order valence-electron chi connectivity index (χ0n) is 17.8. The molecule has 1 unspecified atom stereocenters. The predicted molar refractivity (Wildman–Crippen MR) is 122 cm³/mol. The second-order valence-corrected chi connectivity index (χ2v) is 10.8. The van der Waals surface area contributed by atoms with E-state index in [2.05, 4.69) is 29.5 Å². The average Bonchev–Trinajstić information content (AvgIpc) is 2.72. The number of sulfonamides is 1. The standard InChI is InChI=1S/C20H34N4O3S2/c1-16(2)15-27-19-7-5-18(6-8-19)17(3)23-20(21-4)22-9-14-29(25,26)24-10-12-28-13-11-24/h5-8,16-17H,9-15H2,1-4H3,(H2,21,22,23). The first-order chi connectivity index (χ1) is 13.8. The van der Waals surface area contributed by atoms with Crippen LogP contribution in [0.2, 0.25) is 0 Å². The van der Waals surface area contributed by atoms with Gasteiger partial charge in [-0.05, 0) is 30.5 Å². The van der Waals surface area contributed by atoms with Crippen molar-refractivity contribution < 1.29 is 13.2 Å². The van der Waals surface area contributed by atoms with Crippen molar-refractivity contribution in [3.8, 4) is 5.75 Å². The number of guanidine groups is 1. The minimum atomic E-state index is -3.22. The number of hydrogen-bond donors (Lipinski definition) is 2. The summed E-state index contributed by atoms with van der Waals surface area (Å²) < 4.78 is 32.2. The summed E-state index contributed by atoms with van der Waals surface area (Å²) in [6, 6.07) is 8.01. The number of rotatable bonds is 9. The lowest BCUT2D eigenvalue weighted by molar-refractivity contribution is 0.271. The molecule has 9 heteroatoms. The van der Waals surface area contributed by atoms with Gasteiger partial charge >= 0.3 is 0 Å². The van der Waals surface area contributed by atoms with Gasteiger partial charge in [0.25, 0.3) is 0 Å². The second kappa shape index (κ2) is 11.7. The Labute approximate surface area is 179 Å². The van der Waals surface area contributed by atoms with Crippen LogP contribution < -0.4 is 15.4 Å². The molecule has 1 aromatic rings. The molecule has 1 aliphatic rings. The lowest BCUT2D eigenvalue weighted by atomic mass is 10.1. The molecule has 0 spiro atoms. The minimum absolute atomic E-state index is 0.0241. The van der Waals surface area contributed by atoms with Gasteiger partial charge in [0.05, 0.1) is 18.4 Å². The van der Waals surface area contributed by atoms with Crippen molar-refractivity contribution in [3.63, 3.8) is 0 Å². The van der Waals surface area contributed by atoms with Crippen LogP contribution in [0.25, 0.3) is 0 Å². The van der Waals surface area contributed by atoms with Crippen molar-refractivity contribution in [1.29, 1.82) is 0 Å². The van der Waals surface area contributed by atoms with Gasteiger partial charge in [0.15, 0.2) is 5.96 Å². The van der Waals surface area contributed by atoms with E-state index in [1.54, 1.807) is 23.1 Å². The van der Waals surface area contributed by atoms with E-state index in [1.807, 2.05) is 31.2 Å². The fourth-order valence-corrected chi connectivity index (χ4v) is 5.34. The van der Waals surface area contributed by atoms with Crippen LogP contribution in [0.1, 0.15) is 32.4 Å². The van der Waals surface area contributed by atoms with E-state index in [4.69, 9.17) is 4.74 Å². The molecule has 1 atom stereocenters. The summed E-state index contributed by atoms with van der Waals surface area (Å²) in [7, 11) is -1.54. The Bertz CT molecular complexity index is 745. The first kappa shape index (κ1) is 23.8. The summed E-state index contributed by atoms with van der Waals surface area (Å²) in [5.74, 6) is 3.74. The van der Waals surface area contributed by atoms with Gasteiger partial charge in [-0.25, -0.2) is 12.7 Å². The fraction of sp³-hybridized carbons (Fsp3) is 0.650. The van der Waals surface area contributed by atoms with E-state index < -0.39 is 10.0 Å². The molecule has 7 nitrogen and oxygen atoms in total. The highest BCUT2D eigenvalue weighted by molar-refractivity contribution is 7.99. The molecule has 0 aliphatic carbocycles. The molecule has 164 valence electrons. The Hall–Kier alpha value is -1.45. The third-order valence-electron chi connectivity index (χ3n) is 4.56. The van der Waals surface area contributed by atoms with Gasteiger partial charge in [0, 0.05) is 38.2 Å². The maximum atomic E-state index is 12.4. The topological polar surface area (TPSA) is 83.0 Å². The van der Waals surface area contributed by atoms with Crippen molar-refractivity contribution >= 4 is 27.7 Å². The van der Waals surface area contributed by atoms with Crippen molar-refractivity contribution in [1.82, 2.24) is 14.9 Å². The van der Waals surface area contributed by atoms with Crippen molar-refractivity contribution in [2.24, 2.45) is 10.9 Å². The molecule has 0 radical (unpaired) electrons. The van der Waals surface area contributed by atoms with Crippen molar-refractivity contribution in [2.75, 3.05) is 50.5 Å². The summed E-state index contributed by atoms with van der Waals surface area (Å²) in [5, 5.41) is 6.42. The fourth-order valence-electron chi connectivity index (χ4n) is 2.85. The smallest absolute Gasteiger partial charge is 0.215 e. The summed E-state index contributed by atoms with van der Waals surface area (Å²) in [6.07, 6.45) is 0. The summed E-state index contributed by atoms with van der Waals surface area (Å²) in [6.45, 7) is 8.51. The van der Waals surface area contributed by atoms with Crippen molar-refractivity contribution in [3.05, 3.63) is 29.8 Å². The largest absolute Gasteiger partial charge is 0.493 e. The van der Waals surface area contributed by atoms with Crippen LogP contribution in [0.3, 0.4) is 0 Å². The monoisotopic (exact) mass is 442 g/mol. The number of nitrogens with zero attached hydrogens (tertiary/aromatic N) is 2. The molecule has 0 aromatic heterocycles. The lowest BCUT2D eigenvalue weighted by Gasteiger charge is -2.26.